The van der Waals surface area contributed by atoms with Crippen LogP contribution in [0.2, 0.25) is 5.28 Å². The summed E-state index contributed by atoms with van der Waals surface area (Å²) in [5, 5.41) is 0.131. The van der Waals surface area contributed by atoms with Gasteiger partial charge in [0.2, 0.25) is 5.28 Å². The normalized spacial score (nSPS) is 14.0. The van der Waals surface area contributed by atoms with Crippen LogP contribution in [0.5, 0.6) is 0 Å². The van der Waals surface area contributed by atoms with Gasteiger partial charge in [-0.15, -0.1) is 6.58 Å². The van der Waals surface area contributed by atoms with E-state index in [1.807, 2.05) is 32.0 Å². The standard InChI is InChI=1S/C17H17ClN4O/c1-4-8-21-15-13(9-19-16(18)20-15)10-22(17(21)23)14-11(2)6-5-7-12(14)3/h4-7,9H,1,8,10H2,2-3H3. The zero-order valence-corrected chi connectivity index (χ0v) is 13.8. The largest absolute Gasteiger partial charge is 0.330 e. The molecule has 6 heteroatoms. The van der Waals surface area contributed by atoms with Crippen molar-refractivity contribution in [3.8, 4) is 0 Å². The van der Waals surface area contributed by atoms with E-state index in [9.17, 15) is 4.79 Å². The Morgan fingerprint density at radius 1 is 1.35 bits per heavy atom. The Balaban J connectivity index is 2.13. The fourth-order valence-electron chi connectivity index (χ4n) is 2.90. The van der Waals surface area contributed by atoms with Crippen LogP contribution >= 0.6 is 11.6 Å². The van der Waals surface area contributed by atoms with Gasteiger partial charge in [0.15, 0.2) is 0 Å². The number of aromatic nitrogens is 2. The van der Waals surface area contributed by atoms with Crippen molar-refractivity contribution in [2.45, 2.75) is 20.4 Å². The highest BCUT2D eigenvalue weighted by Crippen LogP contribution is 2.33. The summed E-state index contributed by atoms with van der Waals surface area (Å²) in [7, 11) is 0. The lowest BCUT2D eigenvalue weighted by Gasteiger charge is -2.36. The molecule has 0 saturated heterocycles. The predicted octanol–water partition coefficient (Wildman–Crippen LogP) is 3.88. The van der Waals surface area contributed by atoms with Crippen molar-refractivity contribution in [1.82, 2.24) is 9.97 Å². The summed E-state index contributed by atoms with van der Waals surface area (Å²) in [6.45, 7) is 8.51. The number of urea groups is 1. The summed E-state index contributed by atoms with van der Waals surface area (Å²) in [6, 6.07) is 5.86. The number of carbonyl (C=O) groups excluding carboxylic acids is 1. The first kappa shape index (κ1) is 15.5. The number of benzene rings is 1. The monoisotopic (exact) mass is 328 g/mol. The first-order chi connectivity index (χ1) is 11.0. The minimum Gasteiger partial charge on any atom is -0.289 e. The van der Waals surface area contributed by atoms with Gasteiger partial charge in [0.1, 0.15) is 5.82 Å². The van der Waals surface area contributed by atoms with Gasteiger partial charge in [-0.3, -0.25) is 9.80 Å². The first-order valence-corrected chi connectivity index (χ1v) is 7.68. The van der Waals surface area contributed by atoms with Gasteiger partial charge in [-0.05, 0) is 36.6 Å². The number of hydrogen-bond acceptors (Lipinski definition) is 3. The Labute approximate surface area is 140 Å². The third kappa shape index (κ3) is 2.68. The van der Waals surface area contributed by atoms with E-state index in [0.717, 1.165) is 22.4 Å². The summed E-state index contributed by atoms with van der Waals surface area (Å²) in [5.41, 5.74) is 3.89. The van der Waals surface area contributed by atoms with Crippen LogP contribution in [-0.4, -0.2) is 22.5 Å². The maximum atomic E-state index is 13.0. The number of rotatable bonds is 3. The van der Waals surface area contributed by atoms with Gasteiger partial charge in [0.05, 0.1) is 12.2 Å². The van der Waals surface area contributed by atoms with E-state index >= 15 is 0 Å². The zero-order valence-electron chi connectivity index (χ0n) is 13.1. The van der Waals surface area contributed by atoms with E-state index in [0.29, 0.717) is 18.9 Å². The SMILES string of the molecule is C=CCN1C(=O)N(c2c(C)cccc2C)Cc2cnc(Cl)nc21. The van der Waals surface area contributed by atoms with E-state index < -0.39 is 0 Å². The molecule has 0 bridgehead atoms. The maximum absolute atomic E-state index is 13.0. The van der Waals surface area contributed by atoms with Gasteiger partial charge in [-0.25, -0.2) is 9.78 Å². The van der Waals surface area contributed by atoms with Crippen LogP contribution in [0.3, 0.4) is 0 Å². The molecule has 0 aliphatic carbocycles. The number of aryl methyl sites for hydroxylation is 2. The van der Waals surface area contributed by atoms with E-state index in [2.05, 4.69) is 16.5 Å². The van der Waals surface area contributed by atoms with Crippen LogP contribution in [-0.2, 0) is 6.54 Å². The molecular weight excluding hydrogens is 312 g/mol. The summed E-state index contributed by atoms with van der Waals surface area (Å²) in [6.07, 6.45) is 3.35. The molecule has 23 heavy (non-hydrogen) atoms. The van der Waals surface area contributed by atoms with Crippen LogP contribution in [0.1, 0.15) is 16.7 Å². The van der Waals surface area contributed by atoms with Gasteiger partial charge in [0.25, 0.3) is 0 Å². The van der Waals surface area contributed by atoms with Gasteiger partial charge in [-0.1, -0.05) is 24.3 Å². The molecule has 0 fully saturated rings. The van der Waals surface area contributed by atoms with E-state index in [1.54, 1.807) is 22.1 Å². The second-order valence-electron chi connectivity index (χ2n) is 5.50. The highest BCUT2D eigenvalue weighted by Gasteiger charge is 2.33. The molecule has 2 aromatic rings. The van der Waals surface area contributed by atoms with Crippen molar-refractivity contribution in [1.29, 1.82) is 0 Å². The van der Waals surface area contributed by atoms with Crippen molar-refractivity contribution in [3.63, 3.8) is 0 Å². The second-order valence-corrected chi connectivity index (χ2v) is 5.83. The van der Waals surface area contributed by atoms with Crippen LogP contribution < -0.4 is 9.80 Å². The molecule has 2 heterocycles. The second kappa shape index (κ2) is 6.01. The topological polar surface area (TPSA) is 49.3 Å². The quantitative estimate of drug-likeness (QED) is 0.634. The lowest BCUT2D eigenvalue weighted by Crippen LogP contribution is -2.48. The number of halogens is 1. The zero-order chi connectivity index (χ0) is 16.6. The molecule has 1 aromatic heterocycles. The van der Waals surface area contributed by atoms with Crippen LogP contribution in [0.25, 0.3) is 0 Å². The Hall–Kier alpha value is -2.40. The molecule has 118 valence electrons. The Morgan fingerprint density at radius 3 is 2.70 bits per heavy atom. The van der Waals surface area contributed by atoms with Crippen LogP contribution in [0.4, 0.5) is 16.3 Å². The van der Waals surface area contributed by atoms with Gasteiger partial charge < -0.3 is 0 Å². The number of para-hydroxylation sites is 1. The third-order valence-electron chi connectivity index (χ3n) is 3.88. The molecule has 1 aliphatic heterocycles. The lowest BCUT2D eigenvalue weighted by molar-refractivity contribution is 0.250. The van der Waals surface area contributed by atoms with Crippen LogP contribution in [0, 0.1) is 13.8 Å². The molecule has 0 N–H and O–H groups in total. The van der Waals surface area contributed by atoms with Crippen molar-refractivity contribution in [2.75, 3.05) is 16.3 Å². The molecule has 1 aliphatic rings. The number of carbonyl (C=O) groups is 1. The summed E-state index contributed by atoms with van der Waals surface area (Å²) < 4.78 is 0. The predicted molar refractivity (Wildman–Crippen MR) is 92.1 cm³/mol. The molecule has 0 atom stereocenters. The number of hydrogen-bond donors (Lipinski definition) is 0. The molecule has 3 rings (SSSR count). The molecule has 0 radical (unpaired) electrons. The minimum atomic E-state index is -0.135. The Morgan fingerprint density at radius 2 is 2.04 bits per heavy atom. The third-order valence-corrected chi connectivity index (χ3v) is 4.06. The van der Waals surface area contributed by atoms with Gasteiger partial charge in [-0.2, -0.15) is 4.98 Å². The smallest absolute Gasteiger partial charge is 0.289 e. The molecule has 1 aromatic carbocycles. The first-order valence-electron chi connectivity index (χ1n) is 7.30. The van der Waals surface area contributed by atoms with Gasteiger partial charge in [0, 0.05) is 18.3 Å². The Kier molecular flexibility index (Phi) is 4.05. The van der Waals surface area contributed by atoms with Crippen molar-refractivity contribution < 1.29 is 4.79 Å². The van der Waals surface area contributed by atoms with Gasteiger partial charge >= 0.3 is 6.03 Å². The highest BCUT2D eigenvalue weighted by molar-refractivity contribution is 6.28. The molecule has 5 nitrogen and oxygen atoms in total. The molecule has 0 unspecified atom stereocenters. The molecular formula is C17H17ClN4O. The van der Waals surface area contributed by atoms with Crippen LogP contribution in [0.15, 0.2) is 37.1 Å². The number of fused-ring (bicyclic) bond motifs is 1. The fraction of sp³-hybridized carbons (Fsp3) is 0.235. The van der Waals surface area contributed by atoms with Crippen molar-refractivity contribution in [2.24, 2.45) is 0 Å². The average Bonchev–Trinajstić information content (AvgIpc) is 2.51. The van der Waals surface area contributed by atoms with Crippen molar-refractivity contribution in [3.05, 3.63) is 59.0 Å². The van der Waals surface area contributed by atoms with E-state index in [-0.39, 0.29) is 11.3 Å². The molecule has 2 amide bonds. The number of nitrogens with zero attached hydrogens (tertiary/aromatic N) is 4. The molecule has 0 spiro atoms. The minimum absolute atomic E-state index is 0.131. The highest BCUT2D eigenvalue weighted by atomic mass is 35.5. The lowest BCUT2D eigenvalue weighted by atomic mass is 10.1. The fourth-order valence-corrected chi connectivity index (χ4v) is 3.03. The summed E-state index contributed by atoms with van der Waals surface area (Å²) in [5.74, 6) is 0.553. The molecule has 0 saturated carbocycles. The van der Waals surface area contributed by atoms with E-state index in [4.69, 9.17) is 11.6 Å². The number of anilines is 2. The van der Waals surface area contributed by atoms with E-state index in [1.165, 1.54) is 0 Å². The number of amides is 2. The van der Waals surface area contributed by atoms with Crippen molar-refractivity contribution >= 4 is 29.1 Å². The average molecular weight is 329 g/mol. The summed E-state index contributed by atoms with van der Waals surface area (Å²) >= 11 is 5.89. The summed E-state index contributed by atoms with van der Waals surface area (Å²) in [4.78, 5) is 24.6. The Bertz CT molecular complexity index is 770. The maximum Gasteiger partial charge on any atom is 0.330 e.